The van der Waals surface area contributed by atoms with E-state index >= 15 is 0 Å². The zero-order valence-electron chi connectivity index (χ0n) is 13.3. The third kappa shape index (κ3) is 3.43. The van der Waals surface area contributed by atoms with E-state index in [1.165, 1.54) is 0 Å². The number of nitrogens with one attached hydrogen (secondary N) is 2. The lowest BCUT2D eigenvalue weighted by atomic mass is 9.98. The Balaban J connectivity index is 1.95. The predicted molar refractivity (Wildman–Crippen MR) is 94.0 cm³/mol. The normalized spacial score (nSPS) is 10.6. The summed E-state index contributed by atoms with van der Waals surface area (Å²) < 4.78 is 0. The van der Waals surface area contributed by atoms with Gasteiger partial charge in [-0.05, 0) is 30.2 Å². The largest absolute Gasteiger partial charge is 0.341 e. The van der Waals surface area contributed by atoms with E-state index in [1.807, 2.05) is 60.7 Å². The zero-order valence-corrected chi connectivity index (χ0v) is 13.3. The molecule has 0 saturated heterocycles. The molecular formula is C20H18N2O2. The van der Waals surface area contributed by atoms with Gasteiger partial charge in [0.05, 0.1) is 6.04 Å². The quantitative estimate of drug-likeness (QED) is 0.776. The van der Waals surface area contributed by atoms with Crippen LogP contribution >= 0.6 is 0 Å². The lowest BCUT2D eigenvalue weighted by Gasteiger charge is -2.19. The summed E-state index contributed by atoms with van der Waals surface area (Å²) in [5.41, 5.74) is 2.37. The SMILES string of the molecule is Cc1ccc(C(=O)NC(c2ccccc2)c2ccccc2)c(=O)[nH]1. The van der Waals surface area contributed by atoms with Gasteiger partial charge < -0.3 is 10.3 Å². The molecule has 1 aromatic heterocycles. The van der Waals surface area contributed by atoms with Crippen LogP contribution in [-0.4, -0.2) is 10.9 Å². The second kappa shape index (κ2) is 6.96. The van der Waals surface area contributed by atoms with Crippen molar-refractivity contribution in [3.63, 3.8) is 0 Å². The number of carbonyl (C=O) groups is 1. The molecular weight excluding hydrogens is 300 g/mol. The van der Waals surface area contributed by atoms with E-state index in [0.29, 0.717) is 0 Å². The number of amides is 1. The van der Waals surface area contributed by atoms with Crippen LogP contribution in [0, 0.1) is 6.92 Å². The molecule has 0 aliphatic rings. The van der Waals surface area contributed by atoms with Crippen molar-refractivity contribution < 1.29 is 4.79 Å². The van der Waals surface area contributed by atoms with Crippen LogP contribution in [0.4, 0.5) is 0 Å². The van der Waals surface area contributed by atoms with Gasteiger partial charge in [-0.25, -0.2) is 0 Å². The molecule has 0 fully saturated rings. The van der Waals surface area contributed by atoms with E-state index in [0.717, 1.165) is 16.8 Å². The van der Waals surface area contributed by atoms with Gasteiger partial charge in [-0.15, -0.1) is 0 Å². The number of carbonyl (C=O) groups excluding carboxylic acids is 1. The average molecular weight is 318 g/mol. The second-order valence-corrected chi connectivity index (χ2v) is 5.61. The minimum Gasteiger partial charge on any atom is -0.341 e. The van der Waals surface area contributed by atoms with Crippen LogP contribution in [0.5, 0.6) is 0 Å². The number of aryl methyl sites for hydroxylation is 1. The third-order valence-electron chi connectivity index (χ3n) is 3.84. The molecule has 0 spiro atoms. The Hall–Kier alpha value is -3.14. The Kier molecular flexibility index (Phi) is 4.57. The molecule has 0 bridgehead atoms. The van der Waals surface area contributed by atoms with Gasteiger partial charge in [-0.3, -0.25) is 9.59 Å². The summed E-state index contributed by atoms with van der Waals surface area (Å²) in [5, 5.41) is 2.97. The second-order valence-electron chi connectivity index (χ2n) is 5.61. The van der Waals surface area contributed by atoms with Crippen LogP contribution in [-0.2, 0) is 0 Å². The lowest BCUT2D eigenvalue weighted by Crippen LogP contribution is -2.33. The first-order chi connectivity index (χ1) is 11.6. The summed E-state index contributed by atoms with van der Waals surface area (Å²) in [4.78, 5) is 27.3. The summed E-state index contributed by atoms with van der Waals surface area (Å²) in [6, 6.07) is 22.3. The van der Waals surface area contributed by atoms with Crippen molar-refractivity contribution in [3.05, 3.63) is 106 Å². The first-order valence-electron chi connectivity index (χ1n) is 7.76. The highest BCUT2D eigenvalue weighted by atomic mass is 16.2. The van der Waals surface area contributed by atoms with E-state index in [2.05, 4.69) is 10.3 Å². The lowest BCUT2D eigenvalue weighted by molar-refractivity contribution is 0.0941. The highest BCUT2D eigenvalue weighted by Crippen LogP contribution is 2.22. The molecule has 0 atom stereocenters. The van der Waals surface area contributed by atoms with E-state index < -0.39 is 5.91 Å². The van der Waals surface area contributed by atoms with E-state index in [-0.39, 0.29) is 17.2 Å². The van der Waals surface area contributed by atoms with Crippen LogP contribution in [0.3, 0.4) is 0 Å². The Labute approximate surface area is 140 Å². The van der Waals surface area contributed by atoms with E-state index in [9.17, 15) is 9.59 Å². The summed E-state index contributed by atoms with van der Waals surface area (Å²) in [7, 11) is 0. The van der Waals surface area contributed by atoms with Crippen molar-refractivity contribution in [1.29, 1.82) is 0 Å². The number of benzene rings is 2. The van der Waals surface area contributed by atoms with Crippen molar-refractivity contribution >= 4 is 5.91 Å². The number of hydrogen-bond donors (Lipinski definition) is 2. The van der Waals surface area contributed by atoms with Gasteiger partial charge in [-0.1, -0.05) is 60.7 Å². The van der Waals surface area contributed by atoms with Crippen molar-refractivity contribution in [2.24, 2.45) is 0 Å². The van der Waals surface area contributed by atoms with Gasteiger partial charge in [0.25, 0.3) is 11.5 Å². The Morgan fingerprint density at radius 2 is 1.42 bits per heavy atom. The molecule has 1 amide bonds. The molecule has 3 aromatic rings. The fraction of sp³-hybridized carbons (Fsp3) is 0.100. The van der Waals surface area contributed by atoms with Crippen molar-refractivity contribution in [3.8, 4) is 0 Å². The van der Waals surface area contributed by atoms with Gasteiger partial charge in [0.1, 0.15) is 5.56 Å². The number of pyridine rings is 1. The first-order valence-corrected chi connectivity index (χ1v) is 7.76. The molecule has 0 aliphatic carbocycles. The molecule has 3 rings (SSSR count). The number of hydrogen-bond acceptors (Lipinski definition) is 2. The molecule has 2 aromatic carbocycles. The van der Waals surface area contributed by atoms with Gasteiger partial charge in [-0.2, -0.15) is 0 Å². The minimum absolute atomic E-state index is 0.109. The molecule has 4 heteroatoms. The summed E-state index contributed by atoms with van der Waals surface area (Å²) in [6.07, 6.45) is 0. The molecule has 120 valence electrons. The van der Waals surface area contributed by atoms with Gasteiger partial charge in [0.2, 0.25) is 0 Å². The van der Waals surface area contributed by atoms with Crippen LogP contribution in [0.15, 0.2) is 77.6 Å². The smallest absolute Gasteiger partial charge is 0.260 e. The van der Waals surface area contributed by atoms with Crippen molar-refractivity contribution in [2.45, 2.75) is 13.0 Å². The molecule has 24 heavy (non-hydrogen) atoms. The van der Waals surface area contributed by atoms with E-state index in [1.54, 1.807) is 19.1 Å². The maximum atomic E-state index is 12.6. The highest BCUT2D eigenvalue weighted by Gasteiger charge is 2.19. The van der Waals surface area contributed by atoms with Crippen LogP contribution in [0.1, 0.15) is 33.2 Å². The minimum atomic E-state index is -0.394. The molecule has 4 nitrogen and oxygen atoms in total. The molecule has 0 aliphatic heterocycles. The number of aromatic nitrogens is 1. The Morgan fingerprint density at radius 1 is 0.875 bits per heavy atom. The number of H-pyrrole nitrogens is 1. The molecule has 1 heterocycles. The van der Waals surface area contributed by atoms with Crippen molar-refractivity contribution in [2.75, 3.05) is 0 Å². The third-order valence-corrected chi connectivity index (χ3v) is 3.84. The molecule has 0 unspecified atom stereocenters. The maximum absolute atomic E-state index is 12.6. The maximum Gasteiger partial charge on any atom is 0.260 e. The van der Waals surface area contributed by atoms with Crippen molar-refractivity contribution in [1.82, 2.24) is 10.3 Å². The molecule has 2 N–H and O–H groups in total. The van der Waals surface area contributed by atoms with Crippen LogP contribution in [0.25, 0.3) is 0 Å². The van der Waals surface area contributed by atoms with E-state index in [4.69, 9.17) is 0 Å². The topological polar surface area (TPSA) is 62.0 Å². The molecule has 0 saturated carbocycles. The first kappa shape index (κ1) is 15.7. The standard InChI is InChI=1S/C20H18N2O2/c1-14-12-13-17(19(23)21-14)20(24)22-18(15-8-4-2-5-9-15)16-10-6-3-7-11-16/h2-13,18H,1H3,(H,21,23)(H,22,24). The average Bonchev–Trinajstić information content (AvgIpc) is 2.61. The highest BCUT2D eigenvalue weighted by molar-refractivity contribution is 5.94. The summed E-state index contributed by atoms with van der Waals surface area (Å²) in [6.45, 7) is 1.78. The monoisotopic (exact) mass is 318 g/mol. The fourth-order valence-corrected chi connectivity index (χ4v) is 2.61. The zero-order chi connectivity index (χ0) is 16.9. The van der Waals surface area contributed by atoms with Gasteiger partial charge >= 0.3 is 0 Å². The predicted octanol–water partition coefficient (Wildman–Crippen LogP) is 3.20. The number of aromatic amines is 1. The Morgan fingerprint density at radius 3 is 1.92 bits per heavy atom. The van der Waals surface area contributed by atoms with Gasteiger partial charge in [0.15, 0.2) is 0 Å². The summed E-state index contributed by atoms with van der Waals surface area (Å²) >= 11 is 0. The van der Waals surface area contributed by atoms with Crippen LogP contribution < -0.4 is 10.9 Å². The molecule has 0 radical (unpaired) electrons. The number of rotatable bonds is 4. The fourth-order valence-electron chi connectivity index (χ4n) is 2.61. The summed E-state index contributed by atoms with van der Waals surface area (Å²) in [5.74, 6) is -0.394. The van der Waals surface area contributed by atoms with Gasteiger partial charge in [0, 0.05) is 5.69 Å². The Bertz CT molecular complexity index is 847. The van der Waals surface area contributed by atoms with Crippen LogP contribution in [0.2, 0.25) is 0 Å².